The maximum absolute atomic E-state index is 6.31. The van der Waals surface area contributed by atoms with Crippen molar-refractivity contribution in [2.24, 2.45) is 10.2 Å². The summed E-state index contributed by atoms with van der Waals surface area (Å²) < 4.78 is 0. The van der Waals surface area contributed by atoms with Crippen molar-refractivity contribution in [1.82, 2.24) is 10.0 Å². The molecule has 118 valence electrons. The van der Waals surface area contributed by atoms with E-state index in [0.29, 0.717) is 22.4 Å². The molecule has 0 saturated heterocycles. The lowest BCUT2D eigenvalue weighted by molar-refractivity contribution is 0.402. The van der Waals surface area contributed by atoms with Gasteiger partial charge in [-0.05, 0) is 31.2 Å². The summed E-state index contributed by atoms with van der Waals surface area (Å²) in [6.07, 6.45) is 0. The summed E-state index contributed by atoms with van der Waals surface area (Å²) in [7, 11) is 1.85. The molecule has 0 atom stereocenters. The predicted octanol–water partition coefficient (Wildman–Crippen LogP) is 4.28. The minimum Gasteiger partial charge on any atom is -0.247 e. The molecule has 3 rings (SSSR count). The molecule has 1 aliphatic heterocycles. The third-order valence-electron chi connectivity index (χ3n) is 3.54. The zero-order valence-electron chi connectivity index (χ0n) is 12.9. The van der Waals surface area contributed by atoms with Gasteiger partial charge in [-0.3, -0.25) is 0 Å². The van der Waals surface area contributed by atoms with E-state index in [1.807, 2.05) is 67.5 Å². The SMILES string of the molecule is CCN1N=C(c2ccccc2Cl)N(C)N=C1c1ccccc1Cl. The van der Waals surface area contributed by atoms with Crippen LogP contribution in [0.3, 0.4) is 0 Å². The maximum Gasteiger partial charge on any atom is 0.178 e. The van der Waals surface area contributed by atoms with Crippen LogP contribution in [0, 0.1) is 0 Å². The normalized spacial score (nSPS) is 14.6. The van der Waals surface area contributed by atoms with E-state index in [2.05, 4.69) is 5.10 Å². The van der Waals surface area contributed by atoms with Gasteiger partial charge < -0.3 is 0 Å². The van der Waals surface area contributed by atoms with Gasteiger partial charge in [0.05, 0.1) is 10.0 Å². The standard InChI is InChI=1S/C17H16Cl2N4/c1-3-23-17(13-9-5-7-11-15(13)19)20-22(2)16(21-23)12-8-4-6-10-14(12)18/h4-11H,3H2,1-2H3. The summed E-state index contributed by atoms with van der Waals surface area (Å²) in [6, 6.07) is 15.2. The molecule has 0 aromatic heterocycles. The van der Waals surface area contributed by atoms with Crippen molar-refractivity contribution in [2.75, 3.05) is 13.6 Å². The van der Waals surface area contributed by atoms with E-state index in [1.165, 1.54) is 0 Å². The number of nitrogens with zero attached hydrogens (tertiary/aromatic N) is 4. The van der Waals surface area contributed by atoms with Crippen molar-refractivity contribution in [3.63, 3.8) is 0 Å². The first-order valence-electron chi connectivity index (χ1n) is 7.30. The second-order valence-corrected chi connectivity index (χ2v) is 5.86. The summed E-state index contributed by atoms with van der Waals surface area (Å²) in [6.45, 7) is 2.69. The van der Waals surface area contributed by atoms with Crippen molar-refractivity contribution >= 4 is 34.9 Å². The summed E-state index contributed by atoms with van der Waals surface area (Å²) in [5.74, 6) is 1.42. The number of rotatable bonds is 3. The first kappa shape index (κ1) is 15.8. The third-order valence-corrected chi connectivity index (χ3v) is 4.20. The molecular formula is C17H16Cl2N4. The molecule has 0 radical (unpaired) electrons. The van der Waals surface area contributed by atoms with Crippen LogP contribution in [0.4, 0.5) is 0 Å². The zero-order chi connectivity index (χ0) is 16.4. The van der Waals surface area contributed by atoms with Crippen LogP contribution in [-0.4, -0.2) is 35.3 Å². The summed E-state index contributed by atoms with van der Waals surface area (Å²) in [4.78, 5) is 0. The van der Waals surface area contributed by atoms with Gasteiger partial charge in [0.25, 0.3) is 0 Å². The molecule has 4 nitrogen and oxygen atoms in total. The minimum absolute atomic E-state index is 0.644. The fourth-order valence-electron chi connectivity index (χ4n) is 2.39. The highest BCUT2D eigenvalue weighted by molar-refractivity contribution is 6.35. The molecule has 2 aromatic carbocycles. The van der Waals surface area contributed by atoms with E-state index >= 15 is 0 Å². The molecule has 0 aliphatic carbocycles. The Bertz CT molecular complexity index is 786. The second kappa shape index (κ2) is 6.60. The van der Waals surface area contributed by atoms with Crippen LogP contribution in [0.5, 0.6) is 0 Å². The Balaban J connectivity index is 2.04. The topological polar surface area (TPSA) is 31.2 Å². The van der Waals surface area contributed by atoms with Crippen molar-refractivity contribution in [3.05, 3.63) is 69.7 Å². The quantitative estimate of drug-likeness (QED) is 0.830. The van der Waals surface area contributed by atoms with Gasteiger partial charge in [0.2, 0.25) is 0 Å². The maximum atomic E-state index is 6.31. The molecule has 0 amide bonds. The lowest BCUT2D eigenvalue weighted by Crippen LogP contribution is -2.39. The van der Waals surface area contributed by atoms with Crippen LogP contribution in [-0.2, 0) is 0 Å². The molecule has 6 heteroatoms. The molecule has 0 bridgehead atoms. The van der Waals surface area contributed by atoms with E-state index in [9.17, 15) is 0 Å². The van der Waals surface area contributed by atoms with Gasteiger partial charge in [-0.2, -0.15) is 10.2 Å². The molecule has 1 heterocycles. The number of hydrazone groups is 2. The number of amidine groups is 2. The molecule has 0 N–H and O–H groups in total. The molecule has 23 heavy (non-hydrogen) atoms. The average molecular weight is 347 g/mol. The molecule has 0 spiro atoms. The van der Waals surface area contributed by atoms with Crippen molar-refractivity contribution in [3.8, 4) is 0 Å². The van der Waals surface area contributed by atoms with Crippen LogP contribution in [0.1, 0.15) is 18.1 Å². The monoisotopic (exact) mass is 346 g/mol. The van der Waals surface area contributed by atoms with Gasteiger partial charge >= 0.3 is 0 Å². The van der Waals surface area contributed by atoms with Crippen LogP contribution < -0.4 is 0 Å². The fourth-order valence-corrected chi connectivity index (χ4v) is 2.83. The van der Waals surface area contributed by atoms with E-state index in [4.69, 9.17) is 28.3 Å². The van der Waals surface area contributed by atoms with Crippen molar-refractivity contribution < 1.29 is 0 Å². The second-order valence-electron chi connectivity index (χ2n) is 5.05. The van der Waals surface area contributed by atoms with Crippen LogP contribution >= 0.6 is 23.2 Å². The van der Waals surface area contributed by atoms with Gasteiger partial charge in [0.15, 0.2) is 11.7 Å². The van der Waals surface area contributed by atoms with Gasteiger partial charge in [0, 0.05) is 24.7 Å². The van der Waals surface area contributed by atoms with E-state index in [-0.39, 0.29) is 0 Å². The number of halogens is 2. The van der Waals surface area contributed by atoms with Crippen LogP contribution in [0.2, 0.25) is 10.0 Å². The smallest absolute Gasteiger partial charge is 0.178 e. The Morgan fingerprint density at radius 3 is 1.87 bits per heavy atom. The Kier molecular flexibility index (Phi) is 4.55. The molecule has 0 unspecified atom stereocenters. The Labute approximate surface area is 145 Å². The summed E-state index contributed by atoms with van der Waals surface area (Å²) >= 11 is 12.6. The predicted molar refractivity (Wildman–Crippen MR) is 96.1 cm³/mol. The summed E-state index contributed by atoms with van der Waals surface area (Å²) in [5.41, 5.74) is 1.70. The Morgan fingerprint density at radius 1 is 0.826 bits per heavy atom. The number of hydrogen-bond donors (Lipinski definition) is 0. The lowest BCUT2D eigenvalue weighted by atomic mass is 10.2. The first-order chi connectivity index (χ1) is 11.1. The van der Waals surface area contributed by atoms with Crippen LogP contribution in [0.25, 0.3) is 0 Å². The third kappa shape index (κ3) is 3.05. The Hall–Kier alpha value is -2.04. The molecule has 0 saturated carbocycles. The van der Waals surface area contributed by atoms with Gasteiger partial charge in [-0.1, -0.05) is 47.5 Å². The lowest BCUT2D eigenvalue weighted by Gasteiger charge is -2.30. The van der Waals surface area contributed by atoms with Gasteiger partial charge in [-0.15, -0.1) is 0 Å². The molecule has 0 fully saturated rings. The average Bonchev–Trinajstić information content (AvgIpc) is 2.56. The zero-order valence-corrected chi connectivity index (χ0v) is 14.4. The highest BCUT2D eigenvalue weighted by Gasteiger charge is 2.24. The highest BCUT2D eigenvalue weighted by Crippen LogP contribution is 2.24. The fraction of sp³-hybridized carbons (Fsp3) is 0.176. The first-order valence-corrected chi connectivity index (χ1v) is 8.05. The Morgan fingerprint density at radius 2 is 1.35 bits per heavy atom. The largest absolute Gasteiger partial charge is 0.247 e. The molecule has 2 aromatic rings. The van der Waals surface area contributed by atoms with Crippen LogP contribution in [0.15, 0.2) is 58.7 Å². The minimum atomic E-state index is 0.644. The van der Waals surface area contributed by atoms with Crippen molar-refractivity contribution in [2.45, 2.75) is 6.92 Å². The molecular weight excluding hydrogens is 331 g/mol. The number of hydrogen-bond acceptors (Lipinski definition) is 4. The highest BCUT2D eigenvalue weighted by atomic mass is 35.5. The van der Waals surface area contributed by atoms with Gasteiger partial charge in [0.1, 0.15) is 0 Å². The van der Waals surface area contributed by atoms with Crippen molar-refractivity contribution in [1.29, 1.82) is 0 Å². The summed E-state index contributed by atoms with van der Waals surface area (Å²) in [5, 5.41) is 14.2. The van der Waals surface area contributed by atoms with Gasteiger partial charge in [-0.25, -0.2) is 10.0 Å². The molecule has 1 aliphatic rings. The number of benzene rings is 2. The van der Waals surface area contributed by atoms with E-state index in [1.54, 1.807) is 5.01 Å². The van der Waals surface area contributed by atoms with E-state index < -0.39 is 0 Å². The van der Waals surface area contributed by atoms with E-state index in [0.717, 1.165) is 17.0 Å².